The van der Waals surface area contributed by atoms with Crippen LogP contribution >= 0.6 is 15.9 Å². The molecule has 1 N–H and O–H groups in total. The van der Waals surface area contributed by atoms with Crippen molar-refractivity contribution in [3.8, 4) is 0 Å². The second-order valence-electron chi connectivity index (χ2n) is 8.46. The van der Waals surface area contributed by atoms with E-state index in [4.69, 9.17) is 4.43 Å². The van der Waals surface area contributed by atoms with Gasteiger partial charge in [-0.3, -0.25) is 5.32 Å². The third-order valence-electron chi connectivity index (χ3n) is 4.07. The zero-order valence-electron chi connectivity index (χ0n) is 16.9. The van der Waals surface area contributed by atoms with Crippen molar-refractivity contribution >= 4 is 25.7 Å². The van der Waals surface area contributed by atoms with E-state index in [0.717, 1.165) is 0 Å². The van der Waals surface area contributed by atoms with Crippen LogP contribution in [-0.4, -0.2) is 33.8 Å². The van der Waals surface area contributed by atoms with Crippen molar-refractivity contribution in [3.63, 3.8) is 0 Å². The summed E-state index contributed by atoms with van der Waals surface area (Å²) >= 11 is 3.17. The molecule has 0 spiro atoms. The summed E-state index contributed by atoms with van der Waals surface area (Å²) in [6.07, 6.45) is -10.9. The molecule has 10 heteroatoms. The molecule has 0 aliphatic heterocycles. The van der Waals surface area contributed by atoms with Crippen LogP contribution in [-0.2, 0) is 4.43 Å². The molecule has 0 saturated carbocycles. The third kappa shape index (κ3) is 9.84. The summed E-state index contributed by atoms with van der Waals surface area (Å²) in [6.45, 7) is 8.71. The van der Waals surface area contributed by atoms with Crippen LogP contribution in [0.1, 0.15) is 59.1 Å². The first-order valence-corrected chi connectivity index (χ1v) is 10.7. The molecule has 0 aliphatic rings. The van der Waals surface area contributed by atoms with E-state index in [-0.39, 0.29) is 20.4 Å². The lowest BCUT2D eigenvalue weighted by Gasteiger charge is -2.40. The fourth-order valence-electron chi connectivity index (χ4n) is 2.53. The number of rotatable bonds is 8. The van der Waals surface area contributed by atoms with Crippen molar-refractivity contribution in [1.82, 2.24) is 5.32 Å². The van der Waals surface area contributed by atoms with Gasteiger partial charge in [0, 0.05) is 16.9 Å². The Morgan fingerprint density at radius 3 is 1.90 bits per heavy atom. The molecule has 1 aromatic carbocycles. The number of alkyl halides is 6. The molecule has 2 nitrogen and oxygen atoms in total. The normalized spacial score (nSPS) is 16.0. The first kappa shape index (κ1) is 26.5. The summed E-state index contributed by atoms with van der Waals surface area (Å²) in [4.78, 5) is 0. The molecule has 2 atom stereocenters. The molecule has 1 unspecified atom stereocenters. The van der Waals surface area contributed by atoms with E-state index in [1.165, 1.54) is 38.1 Å². The predicted octanol–water partition coefficient (Wildman–Crippen LogP) is 6.99. The highest BCUT2D eigenvalue weighted by Crippen LogP contribution is 2.37. The Balaban J connectivity index is 3.18. The molecule has 1 rings (SSSR count). The smallest absolute Gasteiger partial charge is 0.407 e. The summed E-state index contributed by atoms with van der Waals surface area (Å²) in [6, 6.07) is 2.22. The fraction of sp³-hybridized carbons (Fsp3) is 0.684. The standard InChI is InChI=1S/C19H26BrF6NOSi/c1-16(2,3)29-28-17(4,5)14(10-11-18(21,22)23)27-15(19(24,25)26)12-6-8-13(20)9-7-12/h6-9,14-15,27H,10-11H2,1-5H3/t14-,15?/m0/s1. The zero-order chi connectivity index (χ0) is 22.7. The lowest BCUT2D eigenvalue weighted by molar-refractivity contribution is -0.165. The summed E-state index contributed by atoms with van der Waals surface area (Å²) < 4.78 is 86.2. The molecular formula is C19H26BrF6NOSi. The maximum atomic E-state index is 13.8. The molecule has 0 heterocycles. The van der Waals surface area contributed by atoms with Crippen molar-refractivity contribution < 1.29 is 30.8 Å². The van der Waals surface area contributed by atoms with Crippen LogP contribution in [0.25, 0.3) is 0 Å². The zero-order valence-corrected chi connectivity index (χ0v) is 19.5. The predicted molar refractivity (Wildman–Crippen MR) is 106 cm³/mol. The second kappa shape index (κ2) is 9.70. The van der Waals surface area contributed by atoms with Gasteiger partial charge in [-0.25, -0.2) is 0 Å². The lowest BCUT2D eigenvalue weighted by Crippen LogP contribution is -2.53. The Kier molecular flexibility index (Phi) is 8.85. The Hall–Kier alpha value is -0.583. The van der Waals surface area contributed by atoms with Crippen LogP contribution in [0, 0.1) is 0 Å². The number of benzene rings is 1. The van der Waals surface area contributed by atoms with Gasteiger partial charge in [0.25, 0.3) is 0 Å². The Bertz CT molecular complexity index is 640. The SMILES string of the molecule is CC(C)(C)[Si]OC(C)(C)[C@H](CCC(F)(F)F)NC(c1ccc(Br)cc1)C(F)(F)F. The fourth-order valence-corrected chi connectivity index (χ4v) is 3.51. The number of nitrogens with one attached hydrogen (secondary N) is 1. The Morgan fingerprint density at radius 1 is 0.966 bits per heavy atom. The van der Waals surface area contributed by atoms with Gasteiger partial charge in [-0.15, -0.1) is 0 Å². The van der Waals surface area contributed by atoms with E-state index in [1.807, 2.05) is 20.8 Å². The van der Waals surface area contributed by atoms with E-state index in [9.17, 15) is 26.3 Å². The van der Waals surface area contributed by atoms with Crippen molar-refractivity contribution in [2.75, 3.05) is 0 Å². The van der Waals surface area contributed by atoms with Gasteiger partial charge in [0.1, 0.15) is 6.04 Å². The average Bonchev–Trinajstić information content (AvgIpc) is 2.51. The number of hydrogen-bond acceptors (Lipinski definition) is 2. The second-order valence-corrected chi connectivity index (χ2v) is 11.3. The monoisotopic (exact) mass is 505 g/mol. The topological polar surface area (TPSA) is 21.3 Å². The average molecular weight is 506 g/mol. The van der Waals surface area contributed by atoms with Crippen LogP contribution in [0.4, 0.5) is 26.3 Å². The van der Waals surface area contributed by atoms with Crippen molar-refractivity contribution in [1.29, 1.82) is 0 Å². The maximum Gasteiger partial charge on any atom is 0.407 e. The minimum absolute atomic E-state index is 0.0771. The molecule has 29 heavy (non-hydrogen) atoms. The molecule has 0 aliphatic carbocycles. The number of halogens is 7. The van der Waals surface area contributed by atoms with E-state index < -0.39 is 42.9 Å². The first-order chi connectivity index (χ1) is 12.9. The Morgan fingerprint density at radius 2 is 1.48 bits per heavy atom. The maximum absolute atomic E-state index is 13.8. The summed E-state index contributed by atoms with van der Waals surface area (Å²) in [5.74, 6) is 0. The quantitative estimate of drug-likeness (QED) is 0.303. The van der Waals surface area contributed by atoms with Crippen LogP contribution < -0.4 is 5.32 Å². The largest absolute Gasteiger partial charge is 0.410 e. The van der Waals surface area contributed by atoms with E-state index >= 15 is 0 Å². The van der Waals surface area contributed by atoms with Crippen LogP contribution in [0.3, 0.4) is 0 Å². The van der Waals surface area contributed by atoms with Gasteiger partial charge in [0.2, 0.25) is 9.76 Å². The van der Waals surface area contributed by atoms with E-state index in [0.29, 0.717) is 4.47 Å². The van der Waals surface area contributed by atoms with Crippen molar-refractivity contribution in [2.24, 2.45) is 0 Å². The molecule has 0 bridgehead atoms. The van der Waals surface area contributed by atoms with Gasteiger partial charge in [0.05, 0.1) is 5.60 Å². The minimum Gasteiger partial charge on any atom is -0.410 e. The molecular weight excluding hydrogens is 480 g/mol. The van der Waals surface area contributed by atoms with Gasteiger partial charge in [-0.2, -0.15) is 26.3 Å². The van der Waals surface area contributed by atoms with Crippen molar-refractivity contribution in [2.45, 2.75) is 82.5 Å². The number of hydrogen-bond donors (Lipinski definition) is 1. The molecule has 0 fully saturated rings. The summed E-state index contributed by atoms with van der Waals surface area (Å²) in [5.41, 5.74) is -1.32. The van der Waals surface area contributed by atoms with Crippen LogP contribution in [0.5, 0.6) is 0 Å². The highest BCUT2D eigenvalue weighted by Gasteiger charge is 2.45. The third-order valence-corrected chi connectivity index (χ3v) is 5.84. The summed E-state index contributed by atoms with van der Waals surface area (Å²) in [7, 11) is -0.0838. The molecule has 0 amide bonds. The molecule has 2 radical (unpaired) electrons. The van der Waals surface area contributed by atoms with Gasteiger partial charge in [-0.05, 0) is 43.0 Å². The van der Waals surface area contributed by atoms with E-state index in [1.54, 1.807) is 0 Å². The van der Waals surface area contributed by atoms with Crippen molar-refractivity contribution in [3.05, 3.63) is 34.3 Å². The van der Waals surface area contributed by atoms with Gasteiger partial charge in [-0.1, -0.05) is 48.8 Å². The van der Waals surface area contributed by atoms with Crippen LogP contribution in [0.2, 0.25) is 5.04 Å². The lowest BCUT2D eigenvalue weighted by atomic mass is 9.92. The highest BCUT2D eigenvalue weighted by atomic mass is 79.9. The van der Waals surface area contributed by atoms with Gasteiger partial charge >= 0.3 is 12.4 Å². The van der Waals surface area contributed by atoms with Gasteiger partial charge < -0.3 is 4.43 Å². The van der Waals surface area contributed by atoms with E-state index in [2.05, 4.69) is 21.2 Å². The first-order valence-electron chi connectivity index (χ1n) is 9.01. The minimum atomic E-state index is -4.69. The molecule has 1 aromatic rings. The molecule has 166 valence electrons. The molecule has 0 aromatic heterocycles. The van der Waals surface area contributed by atoms with Gasteiger partial charge in [0.15, 0.2) is 0 Å². The summed E-state index contributed by atoms with van der Waals surface area (Å²) in [5, 5.41) is 2.16. The van der Waals surface area contributed by atoms with Crippen LogP contribution in [0.15, 0.2) is 28.7 Å². The highest BCUT2D eigenvalue weighted by molar-refractivity contribution is 9.10. The Labute approximate surface area is 178 Å². The molecule has 0 saturated heterocycles.